The third-order valence-corrected chi connectivity index (χ3v) is 8.16. The number of methoxy groups -OCH3 is 1. The lowest BCUT2D eigenvalue weighted by atomic mass is 9.98. The van der Waals surface area contributed by atoms with Crippen LogP contribution in [0.5, 0.6) is 0 Å². The fourth-order valence-electron chi connectivity index (χ4n) is 6.08. The normalized spacial score (nSPS) is 28.4. The molecule has 2 fully saturated rings. The molecule has 4 heterocycles. The summed E-state index contributed by atoms with van der Waals surface area (Å²) in [6, 6.07) is 1.24. The molecule has 9 nitrogen and oxygen atoms in total. The zero-order valence-electron chi connectivity index (χ0n) is 22.5. The maximum Gasteiger partial charge on any atom is 0.417 e. The number of nitrogens with one attached hydrogen (secondary N) is 1. The number of ether oxygens (including phenoxy) is 3. The first-order valence-electron chi connectivity index (χ1n) is 13.5. The first-order valence-corrected chi connectivity index (χ1v) is 13.5. The van der Waals surface area contributed by atoms with E-state index in [-0.39, 0.29) is 42.8 Å². The van der Waals surface area contributed by atoms with Gasteiger partial charge >= 0.3 is 6.18 Å². The average molecular weight is 552 g/mol. The van der Waals surface area contributed by atoms with Gasteiger partial charge in [-0.1, -0.05) is 0 Å². The Bertz CT molecular complexity index is 1160. The third-order valence-electron chi connectivity index (χ3n) is 8.16. The lowest BCUT2D eigenvalue weighted by Gasteiger charge is -2.33. The van der Waals surface area contributed by atoms with Gasteiger partial charge in [0.05, 0.1) is 30.3 Å². The highest BCUT2D eigenvalue weighted by atomic mass is 19.4. The van der Waals surface area contributed by atoms with E-state index in [4.69, 9.17) is 14.2 Å². The number of nitrogens with zero attached hydrogens (tertiary/aromatic N) is 4. The van der Waals surface area contributed by atoms with Crippen LogP contribution in [0.4, 0.5) is 13.2 Å². The first-order chi connectivity index (χ1) is 18.6. The van der Waals surface area contributed by atoms with Crippen LogP contribution in [0.15, 0.2) is 24.7 Å². The van der Waals surface area contributed by atoms with Crippen LogP contribution >= 0.6 is 0 Å². The van der Waals surface area contributed by atoms with Crippen molar-refractivity contribution in [1.29, 1.82) is 0 Å². The van der Waals surface area contributed by atoms with Crippen molar-refractivity contribution in [2.45, 2.75) is 75.7 Å². The average Bonchev–Trinajstić information content (AvgIpc) is 3.53. The molecule has 12 heteroatoms. The second-order valence-electron chi connectivity index (χ2n) is 10.7. The van der Waals surface area contributed by atoms with Crippen molar-refractivity contribution in [3.8, 4) is 0 Å². The minimum Gasteiger partial charge on any atom is -0.379 e. The van der Waals surface area contributed by atoms with E-state index in [0.717, 1.165) is 24.5 Å². The molecule has 1 saturated carbocycles. The Morgan fingerprint density at radius 1 is 1.26 bits per heavy atom. The van der Waals surface area contributed by atoms with Gasteiger partial charge in [-0.3, -0.25) is 9.78 Å². The van der Waals surface area contributed by atoms with Crippen molar-refractivity contribution in [1.82, 2.24) is 24.8 Å². The standard InChI is InChI=1S/C27H36F3N5O4/c1-16(25-31-6-8-34(25)2)39-23-12-19(33-22-5-9-38-15-24(22)37-3)11-20(23)26(36)35-7-4-21-17(14-35)10-18(13-32-21)27(28,29)30/h6,8,10,13,16,19-20,22-24,33H,4-5,7,9,11-12,14-15H2,1-3H3/t16?,19?,20?,22?,23-,24?/m1/s1. The number of rotatable bonds is 7. The maximum absolute atomic E-state index is 13.9. The van der Waals surface area contributed by atoms with Gasteiger partial charge in [-0.25, -0.2) is 4.98 Å². The van der Waals surface area contributed by atoms with Crippen LogP contribution in [0, 0.1) is 5.92 Å². The van der Waals surface area contributed by atoms with E-state index in [1.807, 2.05) is 24.7 Å². The summed E-state index contributed by atoms with van der Waals surface area (Å²) < 4.78 is 59.4. The van der Waals surface area contributed by atoms with Crippen molar-refractivity contribution in [3.05, 3.63) is 47.3 Å². The van der Waals surface area contributed by atoms with E-state index in [0.29, 0.717) is 50.3 Å². The van der Waals surface area contributed by atoms with Gasteiger partial charge in [0.15, 0.2) is 0 Å². The van der Waals surface area contributed by atoms with Crippen LogP contribution in [0.1, 0.15) is 54.9 Å². The highest BCUT2D eigenvalue weighted by Gasteiger charge is 2.44. The molecule has 3 aliphatic rings. The number of alkyl halides is 3. The summed E-state index contributed by atoms with van der Waals surface area (Å²) in [4.78, 5) is 24.0. The number of hydrogen-bond acceptors (Lipinski definition) is 7. The number of fused-ring (bicyclic) bond motifs is 1. The molecule has 6 atom stereocenters. The van der Waals surface area contributed by atoms with Gasteiger partial charge in [0, 0.05) is 76.6 Å². The number of aryl methyl sites for hydroxylation is 1. The molecule has 2 aromatic rings. The Kier molecular flexibility index (Phi) is 8.27. The van der Waals surface area contributed by atoms with Crippen molar-refractivity contribution < 1.29 is 32.2 Å². The zero-order valence-corrected chi connectivity index (χ0v) is 22.5. The van der Waals surface area contributed by atoms with Crippen molar-refractivity contribution in [3.63, 3.8) is 0 Å². The van der Waals surface area contributed by atoms with E-state index in [1.54, 1.807) is 18.2 Å². The Morgan fingerprint density at radius 3 is 2.79 bits per heavy atom. The van der Waals surface area contributed by atoms with Crippen molar-refractivity contribution >= 4 is 5.91 Å². The summed E-state index contributed by atoms with van der Waals surface area (Å²) in [5.41, 5.74) is 0.260. The van der Waals surface area contributed by atoms with E-state index < -0.39 is 17.7 Å². The molecular weight excluding hydrogens is 515 g/mol. The summed E-state index contributed by atoms with van der Waals surface area (Å²) >= 11 is 0. The molecule has 1 N–H and O–H groups in total. The van der Waals surface area contributed by atoms with Crippen LogP contribution in [-0.2, 0) is 45.2 Å². The quantitative estimate of drug-likeness (QED) is 0.566. The Hall–Kier alpha value is -2.54. The van der Waals surface area contributed by atoms with Crippen molar-refractivity contribution in [2.75, 3.05) is 26.9 Å². The minimum atomic E-state index is -4.48. The molecule has 1 saturated heterocycles. The topological polar surface area (TPSA) is 90.7 Å². The maximum atomic E-state index is 13.9. The molecule has 0 radical (unpaired) electrons. The summed E-state index contributed by atoms with van der Waals surface area (Å²) in [6.45, 7) is 3.59. The Labute approximate surface area is 226 Å². The van der Waals surface area contributed by atoms with Gasteiger partial charge < -0.3 is 29.0 Å². The lowest BCUT2D eigenvalue weighted by Crippen LogP contribution is -2.50. The molecule has 0 spiro atoms. The molecule has 1 amide bonds. The molecular formula is C27H36F3N5O4. The summed E-state index contributed by atoms with van der Waals surface area (Å²) in [6.07, 6.45) is 1.58. The predicted octanol–water partition coefficient (Wildman–Crippen LogP) is 3.04. The smallest absolute Gasteiger partial charge is 0.379 e. The van der Waals surface area contributed by atoms with Crippen LogP contribution in [-0.4, -0.2) is 76.5 Å². The second kappa shape index (κ2) is 11.5. The van der Waals surface area contributed by atoms with Gasteiger partial charge in [0.25, 0.3) is 0 Å². The molecule has 214 valence electrons. The van der Waals surface area contributed by atoms with Crippen LogP contribution in [0.3, 0.4) is 0 Å². The summed E-state index contributed by atoms with van der Waals surface area (Å²) in [5, 5.41) is 3.68. The van der Waals surface area contributed by atoms with Gasteiger partial charge in [0.2, 0.25) is 5.91 Å². The van der Waals surface area contributed by atoms with E-state index in [9.17, 15) is 18.0 Å². The molecule has 39 heavy (non-hydrogen) atoms. The number of aromatic nitrogens is 3. The number of imidazole rings is 1. The van der Waals surface area contributed by atoms with Crippen LogP contribution in [0.2, 0.25) is 0 Å². The number of carbonyl (C=O) groups excluding carboxylic acids is 1. The molecule has 2 aliphatic heterocycles. The lowest BCUT2D eigenvalue weighted by molar-refractivity contribution is -0.142. The monoisotopic (exact) mass is 551 g/mol. The summed E-state index contributed by atoms with van der Waals surface area (Å²) in [5.74, 6) is 0.222. The Balaban J connectivity index is 1.33. The van der Waals surface area contributed by atoms with Crippen LogP contribution in [0.25, 0.3) is 0 Å². The fraction of sp³-hybridized carbons (Fsp3) is 0.667. The van der Waals surface area contributed by atoms with Gasteiger partial charge in [0.1, 0.15) is 11.9 Å². The van der Waals surface area contributed by atoms with E-state index >= 15 is 0 Å². The van der Waals surface area contributed by atoms with E-state index in [2.05, 4.69) is 15.3 Å². The third kappa shape index (κ3) is 6.13. The molecule has 2 aromatic heterocycles. The second-order valence-corrected chi connectivity index (χ2v) is 10.7. The molecule has 5 unspecified atom stereocenters. The highest BCUT2D eigenvalue weighted by Crippen LogP contribution is 2.36. The zero-order chi connectivity index (χ0) is 27.7. The highest BCUT2D eigenvalue weighted by molar-refractivity contribution is 5.80. The fourth-order valence-corrected chi connectivity index (χ4v) is 6.08. The largest absolute Gasteiger partial charge is 0.417 e. The number of hydrogen-bond donors (Lipinski definition) is 1. The SMILES string of the molecule is COC1COCCC1NC1CC(C(=O)N2CCc3ncc(C(F)(F)F)cc3C2)[C@H](OC(C)c2nccn2C)C1. The van der Waals surface area contributed by atoms with E-state index in [1.165, 1.54) is 0 Å². The molecule has 1 aliphatic carbocycles. The molecule has 0 aromatic carbocycles. The minimum absolute atomic E-state index is 0.0221. The van der Waals surface area contributed by atoms with Gasteiger partial charge in [-0.05, 0) is 37.8 Å². The number of halogens is 3. The number of amides is 1. The first kappa shape index (κ1) is 28.0. The molecule has 0 bridgehead atoms. The van der Waals surface area contributed by atoms with Gasteiger partial charge in [-0.15, -0.1) is 0 Å². The summed E-state index contributed by atoms with van der Waals surface area (Å²) in [7, 11) is 3.57. The number of pyridine rings is 1. The Morgan fingerprint density at radius 2 is 2.08 bits per heavy atom. The van der Waals surface area contributed by atoms with Crippen LogP contribution < -0.4 is 5.32 Å². The van der Waals surface area contributed by atoms with Gasteiger partial charge in [-0.2, -0.15) is 13.2 Å². The molecule has 5 rings (SSSR count). The number of carbonyl (C=O) groups is 1. The predicted molar refractivity (Wildman–Crippen MR) is 135 cm³/mol. The van der Waals surface area contributed by atoms with Crippen molar-refractivity contribution in [2.24, 2.45) is 13.0 Å².